The van der Waals surface area contributed by atoms with Crippen LogP contribution in [-0.2, 0) is 9.47 Å². The molecule has 7 nitrogen and oxygen atoms in total. The predicted molar refractivity (Wildman–Crippen MR) is 72.3 cm³/mol. The lowest BCUT2D eigenvalue weighted by molar-refractivity contribution is 0.0874. The van der Waals surface area contributed by atoms with Crippen LogP contribution in [0.4, 0.5) is 9.59 Å². The van der Waals surface area contributed by atoms with E-state index >= 15 is 0 Å². The minimum Gasteiger partial charge on any atom is -0.450 e. The first kappa shape index (κ1) is 14.9. The lowest BCUT2D eigenvalue weighted by Gasteiger charge is -2.31. The standard InChI is InChI=1S/C13H23N3O4/c1-2-19-13(18)16-7-5-10(6-8-16)14-12(17)15-11-4-3-9-20-11/h10-11H,2-9H2,1H3,(H2,14,15,17). The number of carbonyl (C=O) groups is 2. The third kappa shape index (κ3) is 4.26. The molecule has 1 unspecified atom stereocenters. The first-order valence-electron chi connectivity index (χ1n) is 7.29. The molecule has 2 saturated heterocycles. The lowest BCUT2D eigenvalue weighted by atomic mass is 10.1. The van der Waals surface area contributed by atoms with Gasteiger partial charge in [-0.15, -0.1) is 0 Å². The maximum absolute atomic E-state index is 11.8. The Kier molecular flexibility index (Phi) is 5.46. The average Bonchev–Trinajstić information content (AvgIpc) is 2.92. The largest absolute Gasteiger partial charge is 0.450 e. The maximum atomic E-state index is 11.8. The Morgan fingerprint density at radius 3 is 2.60 bits per heavy atom. The smallest absolute Gasteiger partial charge is 0.409 e. The van der Waals surface area contributed by atoms with Crippen molar-refractivity contribution in [3.8, 4) is 0 Å². The second kappa shape index (κ2) is 7.33. The minimum absolute atomic E-state index is 0.0991. The van der Waals surface area contributed by atoms with Gasteiger partial charge in [0.15, 0.2) is 0 Å². The number of urea groups is 1. The Morgan fingerprint density at radius 2 is 2.00 bits per heavy atom. The molecule has 0 spiro atoms. The number of likely N-dealkylation sites (tertiary alicyclic amines) is 1. The fourth-order valence-electron chi connectivity index (χ4n) is 2.49. The number of piperidine rings is 1. The molecule has 2 aliphatic heterocycles. The monoisotopic (exact) mass is 285 g/mol. The number of hydrogen-bond donors (Lipinski definition) is 2. The van der Waals surface area contributed by atoms with Gasteiger partial charge in [-0.1, -0.05) is 0 Å². The Balaban J connectivity index is 1.65. The van der Waals surface area contributed by atoms with Crippen LogP contribution < -0.4 is 10.6 Å². The summed E-state index contributed by atoms with van der Waals surface area (Å²) in [6.45, 7) is 4.12. The molecular weight excluding hydrogens is 262 g/mol. The van der Waals surface area contributed by atoms with E-state index in [2.05, 4.69) is 10.6 Å². The number of carbonyl (C=O) groups excluding carboxylic acids is 2. The van der Waals surface area contributed by atoms with E-state index in [-0.39, 0.29) is 24.4 Å². The zero-order valence-electron chi connectivity index (χ0n) is 11.9. The van der Waals surface area contributed by atoms with E-state index in [1.54, 1.807) is 11.8 Å². The Labute approximate surface area is 119 Å². The van der Waals surface area contributed by atoms with Crippen LogP contribution in [0.3, 0.4) is 0 Å². The van der Waals surface area contributed by atoms with Crippen molar-refractivity contribution in [2.45, 2.75) is 44.9 Å². The van der Waals surface area contributed by atoms with Gasteiger partial charge in [-0.2, -0.15) is 0 Å². The fraction of sp³-hybridized carbons (Fsp3) is 0.846. The van der Waals surface area contributed by atoms with Gasteiger partial charge in [-0.05, 0) is 32.6 Å². The van der Waals surface area contributed by atoms with Crippen molar-refractivity contribution in [1.82, 2.24) is 15.5 Å². The molecule has 2 fully saturated rings. The highest BCUT2D eigenvalue weighted by molar-refractivity contribution is 5.74. The van der Waals surface area contributed by atoms with E-state index < -0.39 is 0 Å². The summed E-state index contributed by atoms with van der Waals surface area (Å²) >= 11 is 0. The van der Waals surface area contributed by atoms with Crippen LogP contribution >= 0.6 is 0 Å². The van der Waals surface area contributed by atoms with E-state index in [0.29, 0.717) is 26.3 Å². The maximum Gasteiger partial charge on any atom is 0.409 e. The minimum atomic E-state index is -0.269. The van der Waals surface area contributed by atoms with Crippen molar-refractivity contribution < 1.29 is 19.1 Å². The molecule has 0 aromatic heterocycles. The summed E-state index contributed by atoms with van der Waals surface area (Å²) in [6.07, 6.45) is 2.93. The van der Waals surface area contributed by atoms with Crippen LogP contribution in [0.5, 0.6) is 0 Å². The quantitative estimate of drug-likeness (QED) is 0.812. The Hall–Kier alpha value is -1.50. The number of nitrogens with one attached hydrogen (secondary N) is 2. The van der Waals surface area contributed by atoms with Crippen molar-refractivity contribution in [1.29, 1.82) is 0 Å². The van der Waals surface area contributed by atoms with Crippen LogP contribution in [0.2, 0.25) is 0 Å². The second-order valence-electron chi connectivity index (χ2n) is 5.08. The number of amides is 3. The number of hydrogen-bond acceptors (Lipinski definition) is 4. The summed E-state index contributed by atoms with van der Waals surface area (Å²) in [6, 6.07) is -0.0893. The van der Waals surface area contributed by atoms with E-state index in [1.807, 2.05) is 0 Å². The summed E-state index contributed by atoms with van der Waals surface area (Å²) in [5.74, 6) is 0. The first-order valence-corrected chi connectivity index (χ1v) is 7.29. The van der Waals surface area contributed by atoms with Gasteiger partial charge >= 0.3 is 12.1 Å². The zero-order valence-corrected chi connectivity index (χ0v) is 11.9. The molecule has 0 radical (unpaired) electrons. The molecule has 20 heavy (non-hydrogen) atoms. The van der Waals surface area contributed by atoms with Gasteiger partial charge in [0.2, 0.25) is 0 Å². The van der Waals surface area contributed by atoms with E-state index in [1.165, 1.54) is 0 Å². The van der Waals surface area contributed by atoms with Gasteiger partial charge in [-0.25, -0.2) is 9.59 Å². The third-order valence-corrected chi connectivity index (χ3v) is 3.58. The molecule has 2 heterocycles. The van der Waals surface area contributed by atoms with E-state index in [9.17, 15) is 9.59 Å². The molecule has 2 N–H and O–H groups in total. The van der Waals surface area contributed by atoms with Crippen LogP contribution in [0.1, 0.15) is 32.6 Å². The molecule has 7 heteroatoms. The molecule has 2 aliphatic rings. The molecule has 1 atom stereocenters. The van der Waals surface area contributed by atoms with Crippen molar-refractivity contribution >= 4 is 12.1 Å². The van der Waals surface area contributed by atoms with Crippen LogP contribution in [0, 0.1) is 0 Å². The number of ether oxygens (including phenoxy) is 2. The van der Waals surface area contributed by atoms with Gasteiger partial charge in [0, 0.05) is 25.7 Å². The van der Waals surface area contributed by atoms with Gasteiger partial charge in [0.1, 0.15) is 6.23 Å². The zero-order chi connectivity index (χ0) is 14.4. The normalized spacial score (nSPS) is 23.4. The van der Waals surface area contributed by atoms with Crippen molar-refractivity contribution in [3.05, 3.63) is 0 Å². The van der Waals surface area contributed by atoms with Crippen molar-refractivity contribution in [2.75, 3.05) is 26.3 Å². The summed E-state index contributed by atoms with van der Waals surface area (Å²) in [4.78, 5) is 25.0. The SMILES string of the molecule is CCOC(=O)N1CCC(NC(=O)NC2CCCO2)CC1. The number of nitrogens with zero attached hydrogens (tertiary/aromatic N) is 1. The molecule has 114 valence electrons. The predicted octanol–water partition coefficient (Wildman–Crippen LogP) is 1.04. The van der Waals surface area contributed by atoms with E-state index in [0.717, 1.165) is 25.7 Å². The van der Waals surface area contributed by atoms with Gasteiger partial charge in [0.25, 0.3) is 0 Å². The molecular formula is C13H23N3O4. The summed E-state index contributed by atoms with van der Waals surface area (Å²) in [5.41, 5.74) is 0. The van der Waals surface area contributed by atoms with Gasteiger partial charge in [-0.3, -0.25) is 0 Å². The average molecular weight is 285 g/mol. The van der Waals surface area contributed by atoms with Crippen LogP contribution in [-0.4, -0.2) is 55.6 Å². The van der Waals surface area contributed by atoms with Gasteiger partial charge < -0.3 is 25.0 Å². The van der Waals surface area contributed by atoms with E-state index in [4.69, 9.17) is 9.47 Å². The molecule has 3 amide bonds. The summed E-state index contributed by atoms with van der Waals surface area (Å²) in [5, 5.41) is 5.73. The van der Waals surface area contributed by atoms with Gasteiger partial charge in [0.05, 0.1) is 6.61 Å². The Bertz CT molecular complexity index is 337. The fourth-order valence-corrected chi connectivity index (χ4v) is 2.49. The lowest BCUT2D eigenvalue weighted by Crippen LogP contribution is -2.50. The van der Waals surface area contributed by atoms with Crippen LogP contribution in [0.15, 0.2) is 0 Å². The highest BCUT2D eigenvalue weighted by Crippen LogP contribution is 2.12. The van der Waals surface area contributed by atoms with Crippen molar-refractivity contribution in [2.24, 2.45) is 0 Å². The highest BCUT2D eigenvalue weighted by Gasteiger charge is 2.25. The Morgan fingerprint density at radius 1 is 1.25 bits per heavy atom. The summed E-state index contributed by atoms with van der Waals surface area (Å²) in [7, 11) is 0. The second-order valence-corrected chi connectivity index (χ2v) is 5.08. The molecule has 0 bridgehead atoms. The molecule has 2 rings (SSSR count). The molecule has 0 aliphatic carbocycles. The molecule has 0 aromatic carbocycles. The molecule has 0 aromatic rings. The number of rotatable bonds is 3. The first-order chi connectivity index (χ1) is 9.69. The van der Waals surface area contributed by atoms with Crippen molar-refractivity contribution in [3.63, 3.8) is 0 Å². The summed E-state index contributed by atoms with van der Waals surface area (Å²) < 4.78 is 10.3. The third-order valence-electron chi connectivity index (χ3n) is 3.58. The topological polar surface area (TPSA) is 79.9 Å². The molecule has 0 saturated carbocycles. The van der Waals surface area contributed by atoms with Crippen LogP contribution in [0.25, 0.3) is 0 Å². The highest BCUT2D eigenvalue weighted by atomic mass is 16.6.